The summed E-state index contributed by atoms with van der Waals surface area (Å²) in [4.78, 5) is 64.6. The first-order valence-corrected chi connectivity index (χ1v) is 14.1. The van der Waals surface area contributed by atoms with Crippen molar-refractivity contribution in [1.82, 2.24) is 29.6 Å². The summed E-state index contributed by atoms with van der Waals surface area (Å²) in [5.74, 6) is -1.94. The summed E-state index contributed by atoms with van der Waals surface area (Å²) in [7, 11) is 0. The summed E-state index contributed by atoms with van der Waals surface area (Å²) in [5, 5.41) is 17.0. The SMILES string of the molecule is CC(=O)c1nn(CC(=O)N2C3C[C@]3(C)C[C@H]2C(=O)Nc2nc(Br)ccc2C)c2ccc(-c3cnc(C(=O)O)nc3)cc12. The normalized spacial score (nSPS) is 20.8. The molecule has 2 amide bonds. The number of aryl methyl sites for hydroxylation is 1. The first kappa shape index (κ1) is 27.6. The van der Waals surface area contributed by atoms with Gasteiger partial charge in [0.15, 0.2) is 5.78 Å². The number of halogens is 1. The highest BCUT2D eigenvalue weighted by atomic mass is 79.9. The van der Waals surface area contributed by atoms with Crippen LogP contribution in [0, 0.1) is 12.3 Å². The maximum Gasteiger partial charge on any atom is 0.373 e. The van der Waals surface area contributed by atoms with Crippen molar-refractivity contribution in [3.8, 4) is 11.1 Å². The predicted molar refractivity (Wildman–Crippen MR) is 155 cm³/mol. The quantitative estimate of drug-likeness (QED) is 0.228. The molecule has 3 aromatic heterocycles. The summed E-state index contributed by atoms with van der Waals surface area (Å²) >= 11 is 3.34. The largest absolute Gasteiger partial charge is 0.475 e. The van der Waals surface area contributed by atoms with Gasteiger partial charge in [-0.15, -0.1) is 0 Å². The second-order valence-corrected chi connectivity index (χ2v) is 11.9. The van der Waals surface area contributed by atoms with Gasteiger partial charge < -0.3 is 15.3 Å². The summed E-state index contributed by atoms with van der Waals surface area (Å²) in [5.41, 5.74) is 2.69. The number of carbonyl (C=O) groups excluding carboxylic acids is 3. The van der Waals surface area contributed by atoms with Crippen LogP contribution in [0.5, 0.6) is 0 Å². The molecule has 6 rings (SSSR count). The maximum absolute atomic E-state index is 13.8. The number of ketones is 1. The van der Waals surface area contributed by atoms with Crippen LogP contribution in [0.25, 0.3) is 22.0 Å². The molecule has 1 aromatic carbocycles. The number of pyridine rings is 1. The zero-order chi connectivity index (χ0) is 29.9. The standard InChI is InChI=1S/C29H26BrN7O5/c1-14-4-7-22(30)33-25(14)34-27(40)20-9-29(3)10-21(29)37(20)23(39)13-36-19-6-5-16(8-18(19)24(35-36)15(2)38)17-11-31-26(28(41)42)32-12-17/h4-8,11-12,20-21H,9-10,13H2,1-3H3,(H,41,42)(H,33,34,40)/t20-,21?,29-/m0/s1. The van der Waals surface area contributed by atoms with Crippen molar-refractivity contribution < 1.29 is 24.3 Å². The van der Waals surface area contributed by atoms with E-state index < -0.39 is 12.0 Å². The number of carboxylic acid groups (broad SMARTS) is 1. The van der Waals surface area contributed by atoms with Crippen LogP contribution in [0.4, 0.5) is 5.82 Å². The van der Waals surface area contributed by atoms with E-state index in [1.807, 2.05) is 13.0 Å². The van der Waals surface area contributed by atoms with E-state index >= 15 is 0 Å². The number of amides is 2. The van der Waals surface area contributed by atoms with Gasteiger partial charge in [0.1, 0.15) is 28.7 Å². The Morgan fingerprint density at radius 2 is 1.83 bits per heavy atom. The van der Waals surface area contributed by atoms with Gasteiger partial charge in [-0.25, -0.2) is 19.7 Å². The first-order chi connectivity index (χ1) is 19.9. The molecule has 1 saturated heterocycles. The number of aromatic nitrogens is 5. The summed E-state index contributed by atoms with van der Waals surface area (Å²) < 4.78 is 2.09. The minimum atomic E-state index is -1.23. The number of benzene rings is 1. The van der Waals surface area contributed by atoms with Crippen molar-refractivity contribution in [2.24, 2.45) is 5.41 Å². The lowest BCUT2D eigenvalue weighted by Gasteiger charge is -2.27. The number of rotatable bonds is 7. The average Bonchev–Trinajstić information content (AvgIpc) is 3.32. The molecule has 1 saturated carbocycles. The van der Waals surface area contributed by atoms with Crippen molar-refractivity contribution >= 4 is 56.2 Å². The highest BCUT2D eigenvalue weighted by molar-refractivity contribution is 9.10. The lowest BCUT2D eigenvalue weighted by Crippen LogP contribution is -2.47. The van der Waals surface area contributed by atoms with E-state index in [0.29, 0.717) is 38.9 Å². The molecule has 1 unspecified atom stereocenters. The third-order valence-electron chi connectivity index (χ3n) is 8.08. The third-order valence-corrected chi connectivity index (χ3v) is 8.52. The van der Waals surface area contributed by atoms with Gasteiger partial charge >= 0.3 is 5.97 Å². The molecule has 0 spiro atoms. The van der Waals surface area contributed by atoms with Crippen LogP contribution in [-0.4, -0.2) is 70.4 Å². The van der Waals surface area contributed by atoms with E-state index in [1.165, 1.54) is 24.0 Å². The number of Topliss-reactive ketones (excluding diaryl/α,β-unsaturated/α-hetero) is 1. The number of anilines is 1. The minimum Gasteiger partial charge on any atom is -0.475 e. The number of likely N-dealkylation sites (tertiary alicyclic amines) is 1. The zero-order valence-corrected chi connectivity index (χ0v) is 24.5. The average molecular weight is 632 g/mol. The fourth-order valence-corrected chi connectivity index (χ4v) is 6.04. The Labute approximate surface area is 248 Å². The predicted octanol–water partition coefficient (Wildman–Crippen LogP) is 3.88. The topological polar surface area (TPSA) is 160 Å². The van der Waals surface area contributed by atoms with Crippen molar-refractivity contribution in [1.29, 1.82) is 0 Å². The molecular weight excluding hydrogens is 606 g/mol. The molecule has 2 aliphatic rings. The molecule has 12 nitrogen and oxygen atoms in total. The van der Waals surface area contributed by atoms with Gasteiger partial charge in [0.05, 0.1) is 5.52 Å². The summed E-state index contributed by atoms with van der Waals surface area (Å²) in [6.07, 6.45) is 4.17. The van der Waals surface area contributed by atoms with Gasteiger partial charge in [0.25, 0.3) is 0 Å². The number of nitrogens with one attached hydrogen (secondary N) is 1. The molecule has 2 N–H and O–H groups in total. The Hall–Kier alpha value is -4.52. The van der Waals surface area contributed by atoms with Crippen LogP contribution in [-0.2, 0) is 16.1 Å². The van der Waals surface area contributed by atoms with Crippen LogP contribution in [0.1, 0.15) is 53.4 Å². The minimum absolute atomic E-state index is 0.0493. The summed E-state index contributed by atoms with van der Waals surface area (Å²) in [6.45, 7) is 5.19. The van der Waals surface area contributed by atoms with Crippen molar-refractivity contribution in [2.45, 2.75) is 52.2 Å². The first-order valence-electron chi connectivity index (χ1n) is 13.3. The Bertz CT molecular complexity index is 1800. The van der Waals surface area contributed by atoms with E-state index in [9.17, 15) is 19.2 Å². The van der Waals surface area contributed by atoms with E-state index in [4.69, 9.17) is 5.11 Å². The van der Waals surface area contributed by atoms with E-state index in [1.54, 1.807) is 29.2 Å². The van der Waals surface area contributed by atoms with Crippen LogP contribution >= 0.6 is 15.9 Å². The molecule has 0 bridgehead atoms. The van der Waals surface area contributed by atoms with Crippen molar-refractivity contribution in [3.05, 3.63) is 64.4 Å². The van der Waals surface area contributed by atoms with Crippen molar-refractivity contribution in [2.75, 3.05) is 5.32 Å². The van der Waals surface area contributed by atoms with Gasteiger partial charge in [-0.05, 0) is 70.4 Å². The van der Waals surface area contributed by atoms with Crippen LogP contribution in [0.15, 0.2) is 47.3 Å². The highest BCUT2D eigenvalue weighted by Gasteiger charge is 2.64. The smallest absolute Gasteiger partial charge is 0.373 e. The molecule has 2 fully saturated rings. The Kier molecular flexibility index (Phi) is 6.64. The number of hydrogen-bond donors (Lipinski definition) is 2. The monoisotopic (exact) mass is 631 g/mol. The van der Waals surface area contributed by atoms with Gasteiger partial charge in [-0.2, -0.15) is 5.10 Å². The number of piperidine rings is 1. The van der Waals surface area contributed by atoms with Crippen molar-refractivity contribution in [3.63, 3.8) is 0 Å². The molecule has 13 heteroatoms. The van der Waals surface area contributed by atoms with E-state index in [-0.39, 0.29) is 47.1 Å². The number of nitrogens with zero attached hydrogens (tertiary/aromatic N) is 6. The van der Waals surface area contributed by atoms with Gasteiger partial charge in [-0.3, -0.25) is 19.1 Å². The molecule has 42 heavy (non-hydrogen) atoms. The van der Waals surface area contributed by atoms with Crippen LogP contribution in [0.2, 0.25) is 0 Å². The lowest BCUT2D eigenvalue weighted by atomic mass is 10.0. The highest BCUT2D eigenvalue weighted by Crippen LogP contribution is 2.59. The molecular formula is C29H26BrN7O5. The Morgan fingerprint density at radius 1 is 1.10 bits per heavy atom. The zero-order valence-electron chi connectivity index (χ0n) is 23.0. The van der Waals surface area contributed by atoms with Gasteiger partial charge in [-0.1, -0.05) is 19.1 Å². The number of fused-ring (bicyclic) bond motifs is 2. The van der Waals surface area contributed by atoms with E-state index in [2.05, 4.69) is 48.2 Å². The molecule has 4 aromatic rings. The van der Waals surface area contributed by atoms with Gasteiger partial charge in [0.2, 0.25) is 17.6 Å². The fourth-order valence-electron chi connectivity index (χ4n) is 5.73. The van der Waals surface area contributed by atoms with E-state index in [0.717, 1.165) is 12.0 Å². The number of aromatic carboxylic acids is 1. The second-order valence-electron chi connectivity index (χ2n) is 11.1. The molecule has 0 radical (unpaired) electrons. The fraction of sp³-hybridized carbons (Fsp3) is 0.310. The molecule has 4 heterocycles. The second kappa shape index (κ2) is 10.1. The number of carbonyl (C=O) groups is 4. The van der Waals surface area contributed by atoms with Crippen LogP contribution < -0.4 is 5.32 Å². The lowest BCUT2D eigenvalue weighted by molar-refractivity contribution is -0.138. The molecule has 1 aliphatic heterocycles. The maximum atomic E-state index is 13.8. The molecule has 3 atom stereocenters. The Morgan fingerprint density at radius 3 is 2.52 bits per heavy atom. The van der Waals surface area contributed by atoms with Gasteiger partial charge in [0, 0.05) is 36.3 Å². The Balaban J connectivity index is 1.28. The number of hydrogen-bond acceptors (Lipinski definition) is 8. The molecule has 1 aliphatic carbocycles. The van der Waals surface area contributed by atoms with Crippen LogP contribution in [0.3, 0.4) is 0 Å². The number of carboxylic acids is 1. The summed E-state index contributed by atoms with van der Waals surface area (Å²) in [6, 6.07) is 8.20. The third kappa shape index (κ3) is 4.83. The molecule has 214 valence electrons.